The first-order valence-electron chi connectivity index (χ1n) is 11.0. The lowest BCUT2D eigenvalue weighted by Gasteiger charge is -2.37. The number of piperazine rings is 1. The summed E-state index contributed by atoms with van der Waals surface area (Å²) in [7, 11) is 3.34. The molecule has 1 aliphatic heterocycles. The molecule has 1 fully saturated rings. The van der Waals surface area contributed by atoms with Gasteiger partial charge in [0.15, 0.2) is 0 Å². The van der Waals surface area contributed by atoms with E-state index in [0.717, 1.165) is 55.1 Å². The molecule has 0 saturated carbocycles. The summed E-state index contributed by atoms with van der Waals surface area (Å²) in [6, 6.07) is 17.9. The zero-order valence-electron chi connectivity index (χ0n) is 18.7. The van der Waals surface area contributed by atoms with Crippen LogP contribution in [0.1, 0.15) is 16.8 Å². The molecule has 1 amide bonds. The van der Waals surface area contributed by atoms with Gasteiger partial charge in [-0.1, -0.05) is 18.2 Å². The number of nitrogens with one attached hydrogen (secondary N) is 1. The fourth-order valence-corrected chi connectivity index (χ4v) is 4.01. The van der Waals surface area contributed by atoms with E-state index < -0.39 is 0 Å². The van der Waals surface area contributed by atoms with Crippen molar-refractivity contribution < 1.29 is 14.3 Å². The summed E-state index contributed by atoms with van der Waals surface area (Å²) in [5.41, 5.74) is 2.69. The number of methoxy groups -OCH3 is 2. The normalized spacial score (nSPS) is 13.9. The van der Waals surface area contributed by atoms with Crippen LogP contribution in [0.5, 0.6) is 5.75 Å². The molecule has 1 N–H and O–H groups in total. The van der Waals surface area contributed by atoms with Crippen LogP contribution in [0.3, 0.4) is 0 Å². The van der Waals surface area contributed by atoms with Crippen LogP contribution in [0.15, 0.2) is 54.6 Å². The Kier molecular flexibility index (Phi) is 7.07. The number of hydrogen-bond donors (Lipinski definition) is 1. The Bertz CT molecular complexity index is 1050. The maximum absolute atomic E-state index is 12.9. The number of carbonyl (C=O) groups excluding carboxylic acids is 1. The number of nitrogens with zero attached hydrogens (tertiary/aromatic N) is 3. The SMILES string of the molecule is COCCCNC(=O)c1cc(N2CCN(c3ccc(OC)cc3)CC2)nc2ccccc12. The Morgan fingerprint density at radius 2 is 1.72 bits per heavy atom. The number of fused-ring (bicyclic) bond motifs is 1. The number of amides is 1. The Hall–Kier alpha value is -3.32. The van der Waals surface area contributed by atoms with Crippen molar-refractivity contribution in [2.24, 2.45) is 0 Å². The molecule has 1 aliphatic rings. The van der Waals surface area contributed by atoms with E-state index in [0.29, 0.717) is 18.7 Å². The average molecular weight is 435 g/mol. The van der Waals surface area contributed by atoms with Gasteiger partial charge >= 0.3 is 0 Å². The quantitative estimate of drug-likeness (QED) is 0.549. The highest BCUT2D eigenvalue weighted by molar-refractivity contribution is 6.07. The van der Waals surface area contributed by atoms with E-state index in [1.54, 1.807) is 14.2 Å². The second-order valence-electron chi connectivity index (χ2n) is 7.82. The van der Waals surface area contributed by atoms with Crippen LogP contribution in [0.4, 0.5) is 11.5 Å². The Balaban J connectivity index is 1.50. The molecule has 7 heteroatoms. The average Bonchev–Trinajstić information content (AvgIpc) is 2.86. The topological polar surface area (TPSA) is 66.9 Å². The van der Waals surface area contributed by atoms with Crippen LogP contribution in [-0.2, 0) is 4.74 Å². The third kappa shape index (κ3) is 4.94. The van der Waals surface area contributed by atoms with Crippen molar-refractivity contribution in [2.45, 2.75) is 6.42 Å². The molecule has 0 unspecified atom stereocenters. The lowest BCUT2D eigenvalue weighted by molar-refractivity contribution is 0.0950. The number of benzene rings is 2. The number of rotatable bonds is 8. The molecule has 0 radical (unpaired) electrons. The van der Waals surface area contributed by atoms with Crippen molar-refractivity contribution in [2.75, 3.05) is 63.4 Å². The number of carbonyl (C=O) groups is 1. The van der Waals surface area contributed by atoms with Crippen LogP contribution in [0, 0.1) is 0 Å². The molecule has 32 heavy (non-hydrogen) atoms. The van der Waals surface area contributed by atoms with E-state index in [9.17, 15) is 4.79 Å². The van der Waals surface area contributed by atoms with E-state index in [2.05, 4.69) is 27.2 Å². The molecule has 0 spiro atoms. The van der Waals surface area contributed by atoms with E-state index in [-0.39, 0.29) is 5.91 Å². The summed E-state index contributed by atoms with van der Waals surface area (Å²) in [5.74, 6) is 1.64. The highest BCUT2D eigenvalue weighted by Crippen LogP contribution is 2.26. The number of hydrogen-bond acceptors (Lipinski definition) is 6. The number of aromatic nitrogens is 1. The zero-order chi connectivity index (χ0) is 22.3. The molecule has 4 rings (SSSR count). The molecule has 0 atom stereocenters. The molecule has 168 valence electrons. The first-order chi connectivity index (χ1) is 15.7. The van der Waals surface area contributed by atoms with Crippen molar-refractivity contribution >= 4 is 28.3 Å². The highest BCUT2D eigenvalue weighted by atomic mass is 16.5. The van der Waals surface area contributed by atoms with Gasteiger partial charge in [-0.3, -0.25) is 4.79 Å². The van der Waals surface area contributed by atoms with Crippen molar-refractivity contribution in [3.8, 4) is 5.75 Å². The molecule has 2 heterocycles. The lowest BCUT2D eigenvalue weighted by Crippen LogP contribution is -2.47. The maximum atomic E-state index is 12.9. The van der Waals surface area contributed by atoms with Crippen LogP contribution >= 0.6 is 0 Å². The molecule has 0 bridgehead atoms. The van der Waals surface area contributed by atoms with Crippen LogP contribution in [-0.4, -0.2) is 64.4 Å². The van der Waals surface area contributed by atoms with Crippen molar-refractivity contribution in [3.05, 3.63) is 60.2 Å². The molecule has 3 aromatic rings. The van der Waals surface area contributed by atoms with Gasteiger partial charge in [0.05, 0.1) is 18.2 Å². The summed E-state index contributed by atoms with van der Waals surface area (Å²) in [6.45, 7) is 4.66. The van der Waals surface area contributed by atoms with Crippen molar-refractivity contribution in [1.82, 2.24) is 10.3 Å². The Morgan fingerprint density at radius 3 is 2.44 bits per heavy atom. The van der Waals surface area contributed by atoms with Gasteiger partial charge in [0.25, 0.3) is 5.91 Å². The smallest absolute Gasteiger partial charge is 0.252 e. The van der Waals surface area contributed by atoms with Gasteiger partial charge in [-0.15, -0.1) is 0 Å². The predicted molar refractivity (Wildman–Crippen MR) is 128 cm³/mol. The van der Waals surface area contributed by atoms with Crippen LogP contribution in [0.2, 0.25) is 0 Å². The van der Waals surface area contributed by atoms with Crippen molar-refractivity contribution in [1.29, 1.82) is 0 Å². The van der Waals surface area contributed by atoms with Gasteiger partial charge in [-0.2, -0.15) is 0 Å². The van der Waals surface area contributed by atoms with E-state index in [4.69, 9.17) is 14.5 Å². The fourth-order valence-electron chi connectivity index (χ4n) is 4.01. The van der Waals surface area contributed by atoms with Gasteiger partial charge in [-0.05, 0) is 42.8 Å². The highest BCUT2D eigenvalue weighted by Gasteiger charge is 2.21. The summed E-state index contributed by atoms with van der Waals surface area (Å²) >= 11 is 0. The number of ether oxygens (including phenoxy) is 2. The summed E-state index contributed by atoms with van der Waals surface area (Å²) in [4.78, 5) is 22.4. The monoisotopic (exact) mass is 434 g/mol. The van der Waals surface area contributed by atoms with Gasteiger partial charge in [0.2, 0.25) is 0 Å². The number of anilines is 2. The molecule has 1 saturated heterocycles. The minimum atomic E-state index is -0.0715. The maximum Gasteiger partial charge on any atom is 0.252 e. The van der Waals surface area contributed by atoms with E-state index in [1.165, 1.54) is 5.69 Å². The zero-order valence-corrected chi connectivity index (χ0v) is 18.7. The molecule has 0 aliphatic carbocycles. The second kappa shape index (κ2) is 10.3. The first kappa shape index (κ1) is 21.9. The predicted octanol–water partition coefficient (Wildman–Crippen LogP) is 3.34. The van der Waals surface area contributed by atoms with Crippen LogP contribution in [0.25, 0.3) is 10.9 Å². The fraction of sp³-hybridized carbons (Fsp3) is 0.360. The number of para-hydroxylation sites is 1. The Morgan fingerprint density at radius 1 is 1.00 bits per heavy atom. The van der Waals surface area contributed by atoms with Gasteiger partial charge in [0.1, 0.15) is 11.6 Å². The summed E-state index contributed by atoms with van der Waals surface area (Å²) < 4.78 is 10.3. The van der Waals surface area contributed by atoms with Crippen LogP contribution < -0.4 is 19.9 Å². The van der Waals surface area contributed by atoms with E-state index >= 15 is 0 Å². The van der Waals surface area contributed by atoms with E-state index in [1.807, 2.05) is 42.5 Å². The Labute approximate surface area is 188 Å². The molecule has 1 aromatic heterocycles. The molecular weight excluding hydrogens is 404 g/mol. The third-order valence-corrected chi connectivity index (χ3v) is 5.80. The largest absolute Gasteiger partial charge is 0.497 e. The van der Waals surface area contributed by atoms with Gasteiger partial charge < -0.3 is 24.6 Å². The number of pyridine rings is 1. The van der Waals surface area contributed by atoms with Gasteiger partial charge in [0, 0.05) is 57.5 Å². The summed E-state index contributed by atoms with van der Waals surface area (Å²) in [5, 5.41) is 3.88. The first-order valence-corrected chi connectivity index (χ1v) is 11.0. The molecular formula is C25H30N4O3. The minimum Gasteiger partial charge on any atom is -0.497 e. The third-order valence-electron chi connectivity index (χ3n) is 5.80. The molecule has 2 aromatic carbocycles. The molecule has 7 nitrogen and oxygen atoms in total. The lowest BCUT2D eigenvalue weighted by atomic mass is 10.1. The standard InChI is InChI=1S/C25H30N4O3/c1-31-17-5-12-26-25(30)22-18-24(27-23-7-4-3-6-21(22)23)29-15-13-28(14-16-29)19-8-10-20(32-2)11-9-19/h3-4,6-11,18H,5,12-17H2,1-2H3,(H,26,30). The van der Waals surface area contributed by atoms with Crippen molar-refractivity contribution in [3.63, 3.8) is 0 Å². The van der Waals surface area contributed by atoms with Gasteiger partial charge in [-0.25, -0.2) is 4.98 Å². The summed E-state index contributed by atoms with van der Waals surface area (Å²) in [6.07, 6.45) is 0.783. The minimum absolute atomic E-state index is 0.0715. The second-order valence-corrected chi connectivity index (χ2v) is 7.82.